The van der Waals surface area contributed by atoms with Crippen molar-refractivity contribution in [2.24, 2.45) is 22.2 Å². The first-order valence-electron chi connectivity index (χ1n) is 6.57. The van der Waals surface area contributed by atoms with E-state index in [-0.39, 0.29) is 0 Å². The van der Waals surface area contributed by atoms with E-state index in [9.17, 15) is 0 Å². The van der Waals surface area contributed by atoms with Crippen LogP contribution in [0.1, 0.15) is 68.2 Å². The molecule has 0 nitrogen and oxygen atoms in total. The van der Waals surface area contributed by atoms with Gasteiger partial charge in [0.2, 0.25) is 0 Å². The van der Waals surface area contributed by atoms with Crippen LogP contribution < -0.4 is 0 Å². The Labute approximate surface area is 109 Å². The molecule has 0 atom stereocenters. The molecule has 0 aliphatic heterocycles. The van der Waals surface area contributed by atoms with E-state index < -0.39 is 0 Å². The van der Waals surface area contributed by atoms with E-state index in [4.69, 9.17) is 0 Å². The van der Waals surface area contributed by atoms with Crippen LogP contribution in [0.3, 0.4) is 0 Å². The van der Waals surface area contributed by atoms with Crippen molar-refractivity contribution in [3.8, 4) is 0 Å². The summed E-state index contributed by atoms with van der Waals surface area (Å²) in [7, 11) is 0. The van der Waals surface area contributed by atoms with Gasteiger partial charge in [-0.3, -0.25) is 0 Å². The van der Waals surface area contributed by atoms with E-state index >= 15 is 0 Å². The Balaban J connectivity index is 4.52. The third kappa shape index (κ3) is 3.98. The summed E-state index contributed by atoms with van der Waals surface area (Å²) in [4.78, 5) is 0. The van der Waals surface area contributed by atoms with Gasteiger partial charge in [0.25, 0.3) is 0 Å². The van der Waals surface area contributed by atoms with Crippen molar-refractivity contribution < 1.29 is 0 Å². The van der Waals surface area contributed by atoms with Crippen molar-refractivity contribution in [2.75, 3.05) is 5.75 Å². The van der Waals surface area contributed by atoms with Crippen molar-refractivity contribution in [2.45, 2.75) is 68.2 Å². The van der Waals surface area contributed by atoms with Crippen molar-refractivity contribution >= 4 is 12.6 Å². The van der Waals surface area contributed by atoms with Gasteiger partial charge in [-0.1, -0.05) is 55.4 Å². The van der Waals surface area contributed by atoms with Gasteiger partial charge in [-0.25, -0.2) is 0 Å². The van der Waals surface area contributed by atoms with Gasteiger partial charge in [-0.05, 0) is 40.8 Å². The number of rotatable bonds is 6. The molecule has 0 aromatic rings. The van der Waals surface area contributed by atoms with Crippen molar-refractivity contribution in [1.29, 1.82) is 0 Å². The molecule has 0 unspecified atom stereocenters. The third-order valence-corrected chi connectivity index (χ3v) is 5.98. The lowest BCUT2D eigenvalue weighted by molar-refractivity contribution is 0.0910. The minimum absolute atomic E-state index is 0.309. The molecule has 0 saturated carbocycles. The molecule has 0 aliphatic carbocycles. The molecule has 0 aromatic carbocycles. The maximum absolute atomic E-state index is 4.50. The molecular formula is C15H32S. The quantitative estimate of drug-likeness (QED) is 0.592. The maximum atomic E-state index is 4.50. The molecule has 16 heavy (non-hydrogen) atoms. The highest BCUT2D eigenvalue weighted by molar-refractivity contribution is 7.80. The van der Waals surface area contributed by atoms with Crippen LogP contribution in [-0.4, -0.2) is 5.75 Å². The molecule has 0 bridgehead atoms. The highest BCUT2D eigenvalue weighted by Crippen LogP contribution is 2.46. The predicted octanol–water partition coefficient (Wildman–Crippen LogP) is 5.43. The average Bonchev–Trinajstić information content (AvgIpc) is 2.14. The summed E-state index contributed by atoms with van der Waals surface area (Å²) >= 11 is 4.50. The highest BCUT2D eigenvalue weighted by Gasteiger charge is 2.37. The molecule has 0 rings (SSSR count). The van der Waals surface area contributed by atoms with E-state index in [1.807, 2.05) is 0 Å². The fraction of sp³-hybridized carbons (Fsp3) is 1.00. The molecule has 0 aliphatic rings. The summed E-state index contributed by atoms with van der Waals surface area (Å²) in [5.74, 6) is 1.71. The van der Waals surface area contributed by atoms with Crippen LogP contribution in [0.5, 0.6) is 0 Å². The van der Waals surface area contributed by atoms with Gasteiger partial charge in [0.15, 0.2) is 0 Å². The van der Waals surface area contributed by atoms with Gasteiger partial charge in [0.05, 0.1) is 0 Å². The zero-order chi connectivity index (χ0) is 13.2. The second kappa shape index (κ2) is 5.33. The SMILES string of the molecule is CC(C)C(C)(C)CCC(C)(C)C(C)(C)CS. The maximum Gasteiger partial charge on any atom is -0.00413 e. The Morgan fingerprint density at radius 2 is 1.25 bits per heavy atom. The molecule has 1 heteroatoms. The minimum Gasteiger partial charge on any atom is -0.179 e. The van der Waals surface area contributed by atoms with Gasteiger partial charge in [-0.15, -0.1) is 0 Å². The second-order valence-electron chi connectivity index (χ2n) is 7.57. The Kier molecular flexibility index (Phi) is 5.45. The normalized spacial score (nSPS) is 14.6. The van der Waals surface area contributed by atoms with Crippen LogP contribution in [0, 0.1) is 22.2 Å². The molecule has 0 spiro atoms. The topological polar surface area (TPSA) is 0 Å². The summed E-state index contributed by atoms with van der Waals surface area (Å²) in [5.41, 5.74) is 1.12. The Morgan fingerprint density at radius 1 is 0.812 bits per heavy atom. The van der Waals surface area contributed by atoms with E-state index in [0.717, 1.165) is 11.7 Å². The van der Waals surface area contributed by atoms with Crippen molar-refractivity contribution in [3.63, 3.8) is 0 Å². The summed E-state index contributed by atoms with van der Waals surface area (Å²) in [5, 5.41) is 0. The van der Waals surface area contributed by atoms with E-state index in [1.54, 1.807) is 0 Å². The van der Waals surface area contributed by atoms with Crippen molar-refractivity contribution in [3.05, 3.63) is 0 Å². The second-order valence-corrected chi connectivity index (χ2v) is 7.89. The fourth-order valence-corrected chi connectivity index (χ4v) is 1.90. The molecule has 98 valence electrons. The lowest BCUT2D eigenvalue weighted by atomic mass is 9.63. The van der Waals surface area contributed by atoms with Gasteiger partial charge >= 0.3 is 0 Å². The largest absolute Gasteiger partial charge is 0.179 e. The number of thiol groups is 1. The van der Waals surface area contributed by atoms with E-state index in [2.05, 4.69) is 68.0 Å². The Hall–Kier alpha value is 0.350. The molecule has 0 fully saturated rings. The van der Waals surface area contributed by atoms with Gasteiger partial charge < -0.3 is 0 Å². The lowest BCUT2D eigenvalue weighted by Crippen LogP contribution is -2.35. The molecule has 0 heterocycles. The third-order valence-electron chi connectivity index (χ3n) is 5.18. The highest BCUT2D eigenvalue weighted by atomic mass is 32.1. The standard InChI is InChI=1S/C15H32S/c1-12(2)13(3,4)9-10-14(5,6)15(7,8)11-16/h12,16H,9-11H2,1-8H3. The average molecular weight is 244 g/mol. The summed E-state index contributed by atoms with van der Waals surface area (Å²) in [6, 6.07) is 0. The molecule has 0 radical (unpaired) electrons. The first-order valence-corrected chi connectivity index (χ1v) is 7.20. The van der Waals surface area contributed by atoms with Gasteiger partial charge in [0.1, 0.15) is 0 Å². The Morgan fingerprint density at radius 3 is 1.56 bits per heavy atom. The van der Waals surface area contributed by atoms with Crippen LogP contribution in [0.4, 0.5) is 0 Å². The monoisotopic (exact) mass is 244 g/mol. The molecule has 0 amide bonds. The van der Waals surface area contributed by atoms with E-state index in [0.29, 0.717) is 16.2 Å². The number of hydrogen-bond donors (Lipinski definition) is 1. The van der Waals surface area contributed by atoms with Crippen molar-refractivity contribution in [1.82, 2.24) is 0 Å². The fourth-order valence-electron chi connectivity index (χ4n) is 1.48. The zero-order valence-electron chi connectivity index (χ0n) is 12.6. The Bertz CT molecular complexity index is 211. The van der Waals surface area contributed by atoms with Crippen LogP contribution in [0.25, 0.3) is 0 Å². The van der Waals surface area contributed by atoms with E-state index in [1.165, 1.54) is 12.8 Å². The minimum atomic E-state index is 0.309. The number of hydrogen-bond acceptors (Lipinski definition) is 1. The van der Waals surface area contributed by atoms with Crippen LogP contribution in [-0.2, 0) is 0 Å². The first-order chi connectivity index (χ1) is 6.96. The zero-order valence-corrected chi connectivity index (χ0v) is 13.5. The van der Waals surface area contributed by atoms with Gasteiger partial charge in [0, 0.05) is 0 Å². The summed E-state index contributed by atoms with van der Waals surface area (Å²) in [6.07, 6.45) is 2.58. The molecule has 0 aromatic heterocycles. The van der Waals surface area contributed by atoms with Crippen LogP contribution in [0.2, 0.25) is 0 Å². The molecule has 0 N–H and O–H groups in total. The molecule has 0 saturated heterocycles. The predicted molar refractivity (Wildman–Crippen MR) is 79.3 cm³/mol. The van der Waals surface area contributed by atoms with Crippen LogP contribution >= 0.6 is 12.6 Å². The summed E-state index contributed by atoms with van der Waals surface area (Å²) in [6.45, 7) is 18.9. The van der Waals surface area contributed by atoms with Gasteiger partial charge in [-0.2, -0.15) is 12.6 Å². The smallest absolute Gasteiger partial charge is 0.00413 e. The lowest BCUT2D eigenvalue weighted by Gasteiger charge is -2.43. The first kappa shape index (κ1) is 16.4. The summed E-state index contributed by atoms with van der Waals surface area (Å²) < 4.78 is 0. The van der Waals surface area contributed by atoms with Crippen LogP contribution in [0.15, 0.2) is 0 Å². The molecular weight excluding hydrogens is 212 g/mol.